The first-order valence-corrected chi connectivity index (χ1v) is 11.1. The van der Waals surface area contributed by atoms with Crippen LogP contribution in [0.3, 0.4) is 0 Å². The molecule has 1 amide bonds. The van der Waals surface area contributed by atoms with Gasteiger partial charge in [-0.05, 0) is 31.2 Å². The van der Waals surface area contributed by atoms with Gasteiger partial charge in [0.25, 0.3) is 0 Å². The number of hydrogen-bond donors (Lipinski definition) is 3. The minimum atomic E-state index is -0.866. The van der Waals surface area contributed by atoms with Gasteiger partial charge in [0.2, 0.25) is 0 Å². The lowest BCUT2D eigenvalue weighted by molar-refractivity contribution is -0.0907. The van der Waals surface area contributed by atoms with Gasteiger partial charge in [-0.1, -0.05) is 30.3 Å². The number of alkyl carbamates (subject to hydrolysis) is 1. The summed E-state index contributed by atoms with van der Waals surface area (Å²) >= 11 is 0. The molecule has 9 nitrogen and oxygen atoms in total. The Balaban J connectivity index is 1.30. The van der Waals surface area contributed by atoms with Crippen molar-refractivity contribution in [2.75, 3.05) is 33.0 Å². The summed E-state index contributed by atoms with van der Waals surface area (Å²) in [5.41, 5.74) is 3.87. The smallest absolute Gasteiger partial charge is 0.407 e. The Morgan fingerprint density at radius 3 is 2.74 bits per heavy atom. The number of hydroxylamine groups is 1. The molecule has 1 aromatic carbocycles. The Morgan fingerprint density at radius 1 is 1.13 bits per heavy atom. The minimum absolute atomic E-state index is 0.0652. The Hall–Kier alpha value is -1.75. The summed E-state index contributed by atoms with van der Waals surface area (Å²) in [4.78, 5) is 18.3. The second-order valence-electron chi connectivity index (χ2n) is 8.25. The van der Waals surface area contributed by atoms with E-state index in [4.69, 9.17) is 23.8 Å². The van der Waals surface area contributed by atoms with Crippen LogP contribution in [0.15, 0.2) is 30.3 Å². The molecule has 3 saturated heterocycles. The van der Waals surface area contributed by atoms with E-state index in [2.05, 4.69) is 10.8 Å². The van der Waals surface area contributed by atoms with Crippen molar-refractivity contribution in [2.24, 2.45) is 5.92 Å². The zero-order valence-electron chi connectivity index (χ0n) is 17.6. The van der Waals surface area contributed by atoms with Gasteiger partial charge in [0.05, 0.1) is 37.4 Å². The van der Waals surface area contributed by atoms with Crippen LogP contribution in [0.1, 0.15) is 24.8 Å². The first-order valence-electron chi connectivity index (χ1n) is 11.1. The van der Waals surface area contributed by atoms with Crippen molar-refractivity contribution < 1.29 is 33.7 Å². The van der Waals surface area contributed by atoms with Gasteiger partial charge in [-0.3, -0.25) is 4.84 Å². The summed E-state index contributed by atoms with van der Waals surface area (Å²) in [6.45, 7) is 2.48. The van der Waals surface area contributed by atoms with E-state index in [1.165, 1.54) is 0 Å². The third-order valence-electron chi connectivity index (χ3n) is 6.02. The second kappa shape index (κ2) is 11.2. The SMILES string of the molecule is O=C(NC(Cc1ccccc1)C(O)CNOC1CCOCC1)OC1COC2OCCC12. The van der Waals surface area contributed by atoms with Crippen molar-refractivity contribution in [3.63, 3.8) is 0 Å². The molecule has 0 bridgehead atoms. The summed E-state index contributed by atoms with van der Waals surface area (Å²) in [6, 6.07) is 9.17. The summed E-state index contributed by atoms with van der Waals surface area (Å²) in [6.07, 6.45) is 0.926. The molecule has 0 aliphatic carbocycles. The molecule has 0 saturated carbocycles. The molecule has 3 aliphatic rings. The van der Waals surface area contributed by atoms with Crippen LogP contribution >= 0.6 is 0 Å². The minimum Gasteiger partial charge on any atom is -0.443 e. The zero-order chi connectivity index (χ0) is 21.5. The van der Waals surface area contributed by atoms with Gasteiger partial charge in [-0.15, -0.1) is 0 Å². The number of hydrogen-bond acceptors (Lipinski definition) is 8. The standard InChI is InChI=1S/C22H32N2O7/c25-19(13-23-31-16-6-9-27-10-7-16)18(12-15-4-2-1-3-5-15)24-22(26)30-20-14-29-21-17(20)8-11-28-21/h1-5,16-21,23,25H,6-14H2,(H,24,26). The molecular weight excluding hydrogens is 404 g/mol. The summed E-state index contributed by atoms with van der Waals surface area (Å²) < 4.78 is 21.9. The van der Waals surface area contributed by atoms with E-state index >= 15 is 0 Å². The maximum absolute atomic E-state index is 12.6. The van der Waals surface area contributed by atoms with Gasteiger partial charge >= 0.3 is 6.09 Å². The Morgan fingerprint density at radius 2 is 1.94 bits per heavy atom. The summed E-state index contributed by atoms with van der Waals surface area (Å²) in [5.74, 6) is 0.0674. The number of nitrogens with one attached hydrogen (secondary N) is 2. The highest BCUT2D eigenvalue weighted by molar-refractivity contribution is 5.68. The lowest BCUT2D eigenvalue weighted by Crippen LogP contribution is -2.50. The van der Waals surface area contributed by atoms with Gasteiger partial charge in [0, 0.05) is 19.8 Å². The first kappa shape index (κ1) is 22.4. The second-order valence-corrected chi connectivity index (χ2v) is 8.25. The van der Waals surface area contributed by atoms with Crippen LogP contribution < -0.4 is 10.8 Å². The molecule has 1 aromatic rings. The third-order valence-corrected chi connectivity index (χ3v) is 6.02. The molecule has 9 heteroatoms. The molecule has 3 heterocycles. The molecule has 5 unspecified atom stereocenters. The third kappa shape index (κ3) is 6.38. The number of amides is 1. The van der Waals surface area contributed by atoms with Crippen molar-refractivity contribution in [3.8, 4) is 0 Å². The largest absolute Gasteiger partial charge is 0.443 e. The number of fused-ring (bicyclic) bond motifs is 1. The number of ether oxygens (including phenoxy) is 4. The number of carbonyl (C=O) groups excluding carboxylic acids is 1. The zero-order valence-corrected chi connectivity index (χ0v) is 17.6. The molecule has 3 fully saturated rings. The lowest BCUT2D eigenvalue weighted by atomic mass is 10.0. The number of aliphatic hydroxyl groups excluding tert-OH is 1. The molecule has 0 aromatic heterocycles. The van der Waals surface area contributed by atoms with Gasteiger partial charge < -0.3 is 29.4 Å². The first-order chi connectivity index (χ1) is 15.2. The Kier molecular flexibility index (Phi) is 8.12. The van der Waals surface area contributed by atoms with Gasteiger partial charge in [-0.2, -0.15) is 5.48 Å². The predicted molar refractivity (Wildman–Crippen MR) is 110 cm³/mol. The molecule has 3 N–H and O–H groups in total. The van der Waals surface area contributed by atoms with E-state index in [9.17, 15) is 9.90 Å². The number of carbonyl (C=O) groups is 1. The molecular formula is C22H32N2O7. The molecule has 0 spiro atoms. The molecule has 3 aliphatic heterocycles. The lowest BCUT2D eigenvalue weighted by Gasteiger charge is -2.27. The molecule has 4 rings (SSSR count). The number of aliphatic hydroxyl groups is 1. The van der Waals surface area contributed by atoms with Gasteiger partial charge in [0.1, 0.15) is 6.10 Å². The highest BCUT2D eigenvalue weighted by atomic mass is 16.7. The predicted octanol–water partition coefficient (Wildman–Crippen LogP) is 1.15. The van der Waals surface area contributed by atoms with Gasteiger partial charge in [0.15, 0.2) is 6.29 Å². The number of rotatable bonds is 9. The van der Waals surface area contributed by atoms with Crippen LogP contribution in [0.4, 0.5) is 4.79 Å². The molecule has 0 radical (unpaired) electrons. The number of benzene rings is 1. The van der Waals surface area contributed by atoms with Crippen LogP contribution in [-0.4, -0.2) is 74.8 Å². The van der Waals surface area contributed by atoms with E-state index in [0.29, 0.717) is 32.8 Å². The van der Waals surface area contributed by atoms with E-state index < -0.39 is 18.2 Å². The average molecular weight is 437 g/mol. The summed E-state index contributed by atoms with van der Waals surface area (Å²) in [5, 5.41) is 13.6. The van der Waals surface area contributed by atoms with Crippen molar-refractivity contribution in [3.05, 3.63) is 35.9 Å². The Labute approximate surface area is 182 Å². The van der Waals surface area contributed by atoms with Crippen molar-refractivity contribution in [1.82, 2.24) is 10.8 Å². The molecule has 31 heavy (non-hydrogen) atoms. The van der Waals surface area contributed by atoms with E-state index in [1.54, 1.807) is 0 Å². The fourth-order valence-corrected chi connectivity index (χ4v) is 4.21. The fraction of sp³-hybridized carbons (Fsp3) is 0.682. The van der Waals surface area contributed by atoms with Gasteiger partial charge in [-0.25, -0.2) is 4.79 Å². The quantitative estimate of drug-likeness (QED) is 0.495. The van der Waals surface area contributed by atoms with E-state index in [1.807, 2.05) is 30.3 Å². The van der Waals surface area contributed by atoms with Crippen LogP contribution in [-0.2, 0) is 30.2 Å². The van der Waals surface area contributed by atoms with Crippen LogP contribution in [0.25, 0.3) is 0 Å². The van der Waals surface area contributed by atoms with Crippen molar-refractivity contribution in [2.45, 2.75) is 56.3 Å². The molecule has 5 atom stereocenters. The average Bonchev–Trinajstić information content (AvgIpc) is 3.40. The maximum atomic E-state index is 12.6. The topological polar surface area (TPSA) is 108 Å². The fourth-order valence-electron chi connectivity index (χ4n) is 4.21. The maximum Gasteiger partial charge on any atom is 0.407 e. The van der Waals surface area contributed by atoms with Crippen LogP contribution in [0, 0.1) is 5.92 Å². The van der Waals surface area contributed by atoms with Crippen LogP contribution in [0.5, 0.6) is 0 Å². The monoisotopic (exact) mass is 436 g/mol. The van der Waals surface area contributed by atoms with Crippen molar-refractivity contribution in [1.29, 1.82) is 0 Å². The molecule has 172 valence electrons. The highest BCUT2D eigenvalue weighted by Crippen LogP contribution is 2.33. The normalized spacial score (nSPS) is 28.1. The Bertz CT molecular complexity index is 686. The van der Waals surface area contributed by atoms with E-state index in [0.717, 1.165) is 24.8 Å². The van der Waals surface area contributed by atoms with Crippen molar-refractivity contribution >= 4 is 6.09 Å². The van der Waals surface area contributed by atoms with Crippen LogP contribution in [0.2, 0.25) is 0 Å². The highest BCUT2D eigenvalue weighted by Gasteiger charge is 2.44. The van der Waals surface area contributed by atoms with E-state index in [-0.39, 0.29) is 31.0 Å². The summed E-state index contributed by atoms with van der Waals surface area (Å²) in [7, 11) is 0.